The monoisotopic (exact) mass is 350 g/mol. The van der Waals surface area contributed by atoms with Gasteiger partial charge >= 0.3 is 0 Å². The van der Waals surface area contributed by atoms with E-state index in [0.29, 0.717) is 5.69 Å². The van der Waals surface area contributed by atoms with Crippen LogP contribution in [0.3, 0.4) is 0 Å². The molecule has 7 nitrogen and oxygen atoms in total. The molecule has 7 heteroatoms. The molecule has 26 heavy (non-hydrogen) atoms. The van der Waals surface area contributed by atoms with Crippen LogP contribution in [0.25, 0.3) is 17.2 Å². The first-order valence-electron chi connectivity index (χ1n) is 7.86. The van der Waals surface area contributed by atoms with Crippen LogP contribution in [-0.2, 0) is 11.8 Å². The van der Waals surface area contributed by atoms with Crippen LogP contribution in [0, 0.1) is 0 Å². The van der Waals surface area contributed by atoms with E-state index in [1.54, 1.807) is 41.5 Å². The average Bonchev–Trinajstić information content (AvgIpc) is 3.08. The number of aromatic nitrogens is 3. The molecule has 2 heterocycles. The number of anilines is 1. The van der Waals surface area contributed by atoms with E-state index in [0.717, 1.165) is 16.7 Å². The number of pyridine rings is 1. The first-order chi connectivity index (χ1) is 12.6. The van der Waals surface area contributed by atoms with Gasteiger partial charge in [0.25, 0.3) is 0 Å². The fourth-order valence-corrected chi connectivity index (χ4v) is 2.47. The number of benzene rings is 1. The van der Waals surface area contributed by atoms with Crippen molar-refractivity contribution in [2.45, 2.75) is 0 Å². The number of methoxy groups -OCH3 is 1. The lowest BCUT2D eigenvalue weighted by molar-refractivity contribution is -0.111. The Balaban J connectivity index is 1.77. The maximum absolute atomic E-state index is 12.2. The lowest BCUT2D eigenvalue weighted by Gasteiger charge is -2.07. The molecule has 0 aliphatic rings. The van der Waals surface area contributed by atoms with Crippen LogP contribution >= 0.6 is 0 Å². The van der Waals surface area contributed by atoms with Gasteiger partial charge in [-0.2, -0.15) is 5.10 Å². The van der Waals surface area contributed by atoms with Crippen molar-refractivity contribution < 1.29 is 14.6 Å². The topological polar surface area (TPSA) is 89.3 Å². The molecule has 0 atom stereocenters. The highest BCUT2D eigenvalue weighted by molar-refractivity contribution is 6.02. The van der Waals surface area contributed by atoms with Crippen LogP contribution in [-0.4, -0.2) is 32.9 Å². The number of aromatic hydroxyl groups is 1. The van der Waals surface area contributed by atoms with Crippen molar-refractivity contribution in [2.75, 3.05) is 12.4 Å². The van der Waals surface area contributed by atoms with Crippen molar-refractivity contribution in [1.29, 1.82) is 0 Å². The number of hydrogen-bond donors (Lipinski definition) is 2. The van der Waals surface area contributed by atoms with Gasteiger partial charge in [-0.15, -0.1) is 0 Å². The number of carbonyl (C=O) groups is 1. The van der Waals surface area contributed by atoms with Gasteiger partial charge in [-0.05, 0) is 29.8 Å². The Hall–Kier alpha value is -3.61. The highest BCUT2D eigenvalue weighted by atomic mass is 16.5. The second-order valence-electron chi connectivity index (χ2n) is 5.57. The molecule has 0 bridgehead atoms. The van der Waals surface area contributed by atoms with Crippen LogP contribution < -0.4 is 10.1 Å². The first-order valence-corrected chi connectivity index (χ1v) is 7.86. The molecule has 0 saturated heterocycles. The number of rotatable bonds is 5. The Morgan fingerprint density at radius 2 is 2.15 bits per heavy atom. The van der Waals surface area contributed by atoms with E-state index in [9.17, 15) is 9.90 Å². The molecule has 1 aromatic carbocycles. The Kier molecular flexibility index (Phi) is 4.98. The third-order valence-corrected chi connectivity index (χ3v) is 3.73. The predicted molar refractivity (Wildman–Crippen MR) is 98.8 cm³/mol. The molecule has 0 spiro atoms. The molecule has 2 N–H and O–H groups in total. The predicted octanol–water partition coefficient (Wildman–Crippen LogP) is 2.85. The quantitative estimate of drug-likeness (QED) is 0.545. The number of amides is 1. The summed E-state index contributed by atoms with van der Waals surface area (Å²) in [4.78, 5) is 16.3. The zero-order valence-corrected chi connectivity index (χ0v) is 14.4. The number of nitrogens with one attached hydrogen (secondary N) is 1. The lowest BCUT2D eigenvalue weighted by atomic mass is 10.0. The van der Waals surface area contributed by atoms with Gasteiger partial charge in [0.15, 0.2) is 11.5 Å². The Morgan fingerprint density at radius 3 is 2.88 bits per heavy atom. The van der Waals surface area contributed by atoms with Crippen LogP contribution in [0.1, 0.15) is 5.56 Å². The van der Waals surface area contributed by atoms with Crippen LogP contribution in [0.15, 0.2) is 55.1 Å². The molecule has 0 radical (unpaired) electrons. The number of hydrogen-bond acceptors (Lipinski definition) is 5. The number of phenolic OH excluding ortho intramolecular Hbond substituents is 1. The largest absolute Gasteiger partial charge is 0.504 e. The van der Waals surface area contributed by atoms with E-state index in [1.807, 2.05) is 19.3 Å². The normalized spacial score (nSPS) is 10.8. The van der Waals surface area contributed by atoms with Crippen molar-refractivity contribution in [2.24, 2.45) is 7.05 Å². The standard InChI is InChI=1S/C19H18N4O3/c1-23-12-14(11-21-23)16-7-8-20-10-13(16)3-6-19(25)22-15-4-5-17(24)18(9-15)26-2/h3-12,24H,1-2H3,(H,22,25)/b6-3+. The summed E-state index contributed by atoms with van der Waals surface area (Å²) in [6.07, 6.45) is 10.2. The molecule has 0 aliphatic carbocycles. The van der Waals surface area contributed by atoms with Crippen molar-refractivity contribution in [3.05, 3.63) is 60.7 Å². The molecule has 2 aromatic heterocycles. The molecule has 0 aliphatic heterocycles. The third kappa shape index (κ3) is 3.89. The van der Waals surface area contributed by atoms with Gasteiger partial charge < -0.3 is 15.2 Å². The summed E-state index contributed by atoms with van der Waals surface area (Å²) in [5.41, 5.74) is 3.20. The summed E-state index contributed by atoms with van der Waals surface area (Å²) in [6.45, 7) is 0. The highest BCUT2D eigenvalue weighted by Gasteiger charge is 2.07. The van der Waals surface area contributed by atoms with Crippen LogP contribution in [0.4, 0.5) is 5.69 Å². The number of aryl methyl sites for hydroxylation is 1. The highest BCUT2D eigenvalue weighted by Crippen LogP contribution is 2.28. The minimum atomic E-state index is -0.307. The number of phenols is 1. The molecular formula is C19H18N4O3. The van der Waals surface area contributed by atoms with Crippen molar-refractivity contribution in [1.82, 2.24) is 14.8 Å². The van der Waals surface area contributed by atoms with Crippen LogP contribution in [0.2, 0.25) is 0 Å². The minimum absolute atomic E-state index is 0.0116. The van der Waals surface area contributed by atoms with E-state index in [2.05, 4.69) is 15.4 Å². The van der Waals surface area contributed by atoms with Gasteiger partial charge in [0.2, 0.25) is 5.91 Å². The maximum Gasteiger partial charge on any atom is 0.248 e. The van der Waals surface area contributed by atoms with Gasteiger partial charge in [0.05, 0.1) is 13.3 Å². The Labute approximate surface area is 150 Å². The molecule has 0 unspecified atom stereocenters. The summed E-state index contributed by atoms with van der Waals surface area (Å²) >= 11 is 0. The molecule has 3 aromatic rings. The molecule has 3 rings (SSSR count). The fraction of sp³-hybridized carbons (Fsp3) is 0.105. The summed E-state index contributed by atoms with van der Waals surface area (Å²) < 4.78 is 6.74. The van der Waals surface area contributed by atoms with E-state index >= 15 is 0 Å². The molecular weight excluding hydrogens is 332 g/mol. The van der Waals surface area contributed by atoms with E-state index in [-0.39, 0.29) is 17.4 Å². The maximum atomic E-state index is 12.2. The zero-order valence-electron chi connectivity index (χ0n) is 14.4. The summed E-state index contributed by atoms with van der Waals surface area (Å²) in [6, 6.07) is 6.47. The van der Waals surface area contributed by atoms with E-state index < -0.39 is 0 Å². The third-order valence-electron chi connectivity index (χ3n) is 3.73. The zero-order chi connectivity index (χ0) is 18.5. The van der Waals surface area contributed by atoms with Gasteiger partial charge in [-0.25, -0.2) is 0 Å². The fourth-order valence-electron chi connectivity index (χ4n) is 2.47. The van der Waals surface area contributed by atoms with Gasteiger partial charge in [0.1, 0.15) is 0 Å². The second kappa shape index (κ2) is 7.52. The smallest absolute Gasteiger partial charge is 0.248 e. The van der Waals surface area contributed by atoms with Crippen LogP contribution in [0.5, 0.6) is 11.5 Å². The second-order valence-corrected chi connectivity index (χ2v) is 5.57. The van der Waals surface area contributed by atoms with Crippen molar-refractivity contribution >= 4 is 17.7 Å². The molecule has 0 fully saturated rings. The van der Waals surface area contributed by atoms with Gasteiger partial charge in [-0.3, -0.25) is 14.5 Å². The number of nitrogens with zero attached hydrogens (tertiary/aromatic N) is 3. The van der Waals surface area contributed by atoms with E-state index in [1.165, 1.54) is 19.3 Å². The Morgan fingerprint density at radius 1 is 1.31 bits per heavy atom. The van der Waals surface area contributed by atoms with Crippen molar-refractivity contribution in [3.8, 4) is 22.6 Å². The molecule has 1 amide bonds. The lowest BCUT2D eigenvalue weighted by Crippen LogP contribution is -2.07. The summed E-state index contributed by atoms with van der Waals surface area (Å²) in [5, 5.41) is 16.5. The SMILES string of the molecule is COc1cc(NC(=O)/C=C/c2cnccc2-c2cnn(C)c2)ccc1O. The first kappa shape index (κ1) is 17.2. The summed E-state index contributed by atoms with van der Waals surface area (Å²) in [7, 11) is 3.29. The Bertz CT molecular complexity index is 963. The van der Waals surface area contributed by atoms with Gasteiger partial charge in [-0.1, -0.05) is 0 Å². The van der Waals surface area contributed by atoms with E-state index in [4.69, 9.17) is 4.74 Å². The van der Waals surface area contributed by atoms with Crippen molar-refractivity contribution in [3.63, 3.8) is 0 Å². The number of carbonyl (C=O) groups excluding carboxylic acids is 1. The average molecular weight is 350 g/mol. The van der Waals surface area contributed by atoms with Gasteiger partial charge in [0, 0.05) is 54.6 Å². The summed E-state index contributed by atoms with van der Waals surface area (Å²) in [5.74, 6) is -0.00542. The molecule has 132 valence electrons. The molecule has 0 saturated carbocycles. The minimum Gasteiger partial charge on any atom is -0.504 e. The number of ether oxygens (including phenoxy) is 1.